The number of nitrogens with zero attached hydrogens (tertiary/aromatic N) is 2. The highest BCUT2D eigenvalue weighted by Gasteiger charge is 2.02. The Hall–Kier alpha value is -1.58. The summed E-state index contributed by atoms with van der Waals surface area (Å²) in [5, 5.41) is 0. The number of likely N-dealkylation sites (N-methyl/N-ethyl adjacent to an activating group) is 1. The van der Waals surface area contributed by atoms with Gasteiger partial charge in [0.05, 0.1) is 0 Å². The summed E-state index contributed by atoms with van der Waals surface area (Å²) in [6.45, 7) is 0.626. The first kappa shape index (κ1) is 9.51. The van der Waals surface area contributed by atoms with Crippen molar-refractivity contribution in [3.05, 3.63) is 30.1 Å². The van der Waals surface area contributed by atoms with E-state index in [1.807, 2.05) is 12.1 Å². The number of hydrogen-bond donors (Lipinski definition) is 1. The van der Waals surface area contributed by atoms with Crippen molar-refractivity contribution in [2.75, 3.05) is 13.6 Å². The predicted molar refractivity (Wildman–Crippen MR) is 50.2 cm³/mol. The van der Waals surface area contributed by atoms with Gasteiger partial charge in [-0.3, -0.25) is 4.98 Å². The molecule has 1 rings (SSSR count). The van der Waals surface area contributed by atoms with Crippen LogP contribution < -0.4 is 5.73 Å². The number of amides is 2. The van der Waals surface area contributed by atoms with Crippen molar-refractivity contribution in [1.29, 1.82) is 0 Å². The van der Waals surface area contributed by atoms with E-state index in [-0.39, 0.29) is 0 Å². The van der Waals surface area contributed by atoms with Crippen LogP contribution in [0.5, 0.6) is 0 Å². The molecule has 0 aliphatic carbocycles. The lowest BCUT2D eigenvalue weighted by Crippen LogP contribution is -2.33. The van der Waals surface area contributed by atoms with Gasteiger partial charge in [-0.15, -0.1) is 0 Å². The van der Waals surface area contributed by atoms with Crippen LogP contribution in [0.1, 0.15) is 5.56 Å². The van der Waals surface area contributed by atoms with E-state index in [0.717, 1.165) is 12.0 Å². The van der Waals surface area contributed by atoms with Crippen LogP contribution in [0.4, 0.5) is 4.79 Å². The van der Waals surface area contributed by atoms with Crippen molar-refractivity contribution >= 4 is 6.03 Å². The molecule has 4 nitrogen and oxygen atoms in total. The van der Waals surface area contributed by atoms with Gasteiger partial charge in [-0.2, -0.15) is 0 Å². The number of carbonyl (C=O) groups is 1. The van der Waals surface area contributed by atoms with Crippen molar-refractivity contribution < 1.29 is 4.79 Å². The van der Waals surface area contributed by atoms with Crippen LogP contribution in [0.2, 0.25) is 0 Å². The summed E-state index contributed by atoms with van der Waals surface area (Å²) in [6, 6.07) is 3.45. The Bertz CT molecular complexity index is 273. The van der Waals surface area contributed by atoms with Gasteiger partial charge in [0, 0.05) is 26.0 Å². The van der Waals surface area contributed by atoms with Crippen molar-refractivity contribution in [2.45, 2.75) is 6.42 Å². The molecule has 1 aromatic rings. The second-order valence-electron chi connectivity index (χ2n) is 2.87. The zero-order valence-corrected chi connectivity index (χ0v) is 7.60. The lowest BCUT2D eigenvalue weighted by atomic mass is 10.2. The molecule has 0 radical (unpaired) electrons. The Morgan fingerprint density at radius 3 is 3.00 bits per heavy atom. The molecule has 0 atom stereocenters. The molecule has 0 saturated carbocycles. The Morgan fingerprint density at radius 1 is 1.69 bits per heavy atom. The number of hydrogen-bond acceptors (Lipinski definition) is 2. The van der Waals surface area contributed by atoms with Crippen molar-refractivity contribution in [2.24, 2.45) is 5.73 Å². The molecule has 0 aromatic carbocycles. The summed E-state index contributed by atoms with van der Waals surface area (Å²) in [4.78, 5) is 16.1. The molecule has 0 aliphatic heterocycles. The maximum absolute atomic E-state index is 10.7. The summed E-state index contributed by atoms with van der Waals surface area (Å²) < 4.78 is 0. The number of urea groups is 1. The van der Waals surface area contributed by atoms with E-state index in [0.29, 0.717) is 6.54 Å². The van der Waals surface area contributed by atoms with Crippen molar-refractivity contribution in [1.82, 2.24) is 9.88 Å². The van der Waals surface area contributed by atoms with Crippen molar-refractivity contribution in [3.63, 3.8) is 0 Å². The van der Waals surface area contributed by atoms with Crippen LogP contribution in [0.15, 0.2) is 24.5 Å². The minimum Gasteiger partial charge on any atom is -0.351 e. The molecule has 0 fully saturated rings. The number of rotatable bonds is 3. The molecular formula is C9H13N3O. The topological polar surface area (TPSA) is 59.2 Å². The van der Waals surface area contributed by atoms with Crippen LogP contribution in [0.3, 0.4) is 0 Å². The molecular weight excluding hydrogens is 166 g/mol. The Balaban J connectivity index is 2.39. The van der Waals surface area contributed by atoms with Crippen LogP contribution in [-0.4, -0.2) is 29.5 Å². The number of nitrogens with two attached hydrogens (primary N) is 1. The first-order valence-electron chi connectivity index (χ1n) is 4.09. The number of aromatic nitrogens is 1. The lowest BCUT2D eigenvalue weighted by Gasteiger charge is -2.13. The summed E-state index contributed by atoms with van der Waals surface area (Å²) in [7, 11) is 1.68. The van der Waals surface area contributed by atoms with E-state index in [2.05, 4.69) is 4.98 Å². The standard InChI is InChI=1S/C9H13N3O/c1-12(9(10)13)6-4-8-3-2-5-11-7-8/h2-3,5,7H,4,6H2,1H3,(H2,10,13). The first-order chi connectivity index (χ1) is 6.20. The van der Waals surface area contributed by atoms with Crippen LogP contribution in [-0.2, 0) is 6.42 Å². The molecule has 13 heavy (non-hydrogen) atoms. The smallest absolute Gasteiger partial charge is 0.314 e. The highest BCUT2D eigenvalue weighted by Crippen LogP contribution is 1.97. The summed E-state index contributed by atoms with van der Waals surface area (Å²) in [6.07, 6.45) is 4.30. The molecule has 2 amide bonds. The molecule has 0 spiro atoms. The van der Waals surface area contributed by atoms with Gasteiger partial charge < -0.3 is 10.6 Å². The predicted octanol–water partition coefficient (Wildman–Crippen LogP) is 0.635. The second-order valence-corrected chi connectivity index (χ2v) is 2.87. The molecule has 1 heterocycles. The fraction of sp³-hybridized carbons (Fsp3) is 0.333. The van der Waals surface area contributed by atoms with E-state index >= 15 is 0 Å². The lowest BCUT2D eigenvalue weighted by molar-refractivity contribution is 0.219. The van der Waals surface area contributed by atoms with E-state index in [1.54, 1.807) is 19.4 Å². The maximum atomic E-state index is 10.7. The van der Waals surface area contributed by atoms with E-state index in [4.69, 9.17) is 5.73 Å². The fourth-order valence-electron chi connectivity index (χ4n) is 0.953. The molecule has 0 unspecified atom stereocenters. The summed E-state index contributed by atoms with van der Waals surface area (Å²) in [5.74, 6) is 0. The van der Waals surface area contributed by atoms with Gasteiger partial charge in [-0.1, -0.05) is 6.07 Å². The second kappa shape index (κ2) is 4.45. The Kier molecular flexibility index (Phi) is 3.25. The van der Waals surface area contributed by atoms with Crippen LogP contribution in [0.25, 0.3) is 0 Å². The van der Waals surface area contributed by atoms with Crippen LogP contribution in [0, 0.1) is 0 Å². The quantitative estimate of drug-likeness (QED) is 0.740. The molecule has 2 N–H and O–H groups in total. The maximum Gasteiger partial charge on any atom is 0.314 e. The minimum absolute atomic E-state index is 0.399. The van der Waals surface area contributed by atoms with E-state index in [1.165, 1.54) is 4.90 Å². The third-order valence-corrected chi connectivity index (χ3v) is 1.83. The SMILES string of the molecule is CN(CCc1cccnc1)C(N)=O. The van der Waals surface area contributed by atoms with Gasteiger partial charge >= 0.3 is 6.03 Å². The number of carbonyl (C=O) groups excluding carboxylic acids is 1. The van der Waals surface area contributed by atoms with Gasteiger partial charge in [0.25, 0.3) is 0 Å². The molecule has 0 aliphatic rings. The normalized spacial score (nSPS) is 9.62. The van der Waals surface area contributed by atoms with Gasteiger partial charge in [-0.05, 0) is 18.1 Å². The van der Waals surface area contributed by atoms with Crippen molar-refractivity contribution in [3.8, 4) is 0 Å². The van der Waals surface area contributed by atoms with Gasteiger partial charge in [-0.25, -0.2) is 4.79 Å². The number of primary amides is 1. The third kappa shape index (κ3) is 3.11. The minimum atomic E-state index is -0.399. The molecule has 0 saturated heterocycles. The van der Waals surface area contributed by atoms with Gasteiger partial charge in [0.2, 0.25) is 0 Å². The Labute approximate surface area is 77.4 Å². The number of pyridine rings is 1. The summed E-state index contributed by atoms with van der Waals surface area (Å²) >= 11 is 0. The average molecular weight is 179 g/mol. The molecule has 0 bridgehead atoms. The third-order valence-electron chi connectivity index (χ3n) is 1.83. The molecule has 1 aromatic heterocycles. The Morgan fingerprint density at radius 2 is 2.46 bits per heavy atom. The monoisotopic (exact) mass is 179 g/mol. The highest BCUT2D eigenvalue weighted by molar-refractivity contribution is 5.71. The molecule has 4 heteroatoms. The molecule has 70 valence electrons. The average Bonchev–Trinajstić information content (AvgIpc) is 2.15. The zero-order valence-electron chi connectivity index (χ0n) is 7.60. The van der Waals surface area contributed by atoms with Crippen LogP contribution >= 0.6 is 0 Å². The largest absolute Gasteiger partial charge is 0.351 e. The highest BCUT2D eigenvalue weighted by atomic mass is 16.2. The van der Waals surface area contributed by atoms with Gasteiger partial charge in [0.15, 0.2) is 0 Å². The fourth-order valence-corrected chi connectivity index (χ4v) is 0.953. The van der Waals surface area contributed by atoms with Gasteiger partial charge in [0.1, 0.15) is 0 Å². The summed E-state index contributed by atoms with van der Waals surface area (Å²) in [5.41, 5.74) is 6.18. The van der Waals surface area contributed by atoms with E-state index in [9.17, 15) is 4.79 Å². The van der Waals surface area contributed by atoms with E-state index < -0.39 is 6.03 Å². The zero-order chi connectivity index (χ0) is 9.68. The first-order valence-corrected chi connectivity index (χ1v) is 4.09.